The Balaban J connectivity index is 1.80. The van der Waals surface area contributed by atoms with E-state index in [4.69, 9.17) is 4.98 Å². The van der Waals surface area contributed by atoms with Gasteiger partial charge in [0.05, 0.1) is 10.2 Å². The summed E-state index contributed by atoms with van der Waals surface area (Å²) in [5.74, 6) is 0.848. The lowest BCUT2D eigenvalue weighted by atomic mass is 10.00. The summed E-state index contributed by atoms with van der Waals surface area (Å²) in [6.45, 7) is 2.30. The molecule has 90 valence electrons. The van der Waals surface area contributed by atoms with Gasteiger partial charge in [0.2, 0.25) is 0 Å². The molecule has 0 spiro atoms. The Morgan fingerprint density at radius 2 is 2.06 bits per heavy atom. The highest BCUT2D eigenvalue weighted by Crippen LogP contribution is 2.31. The van der Waals surface area contributed by atoms with Gasteiger partial charge in [-0.25, -0.2) is 4.98 Å². The average molecular weight is 311 g/mol. The van der Waals surface area contributed by atoms with Crippen LogP contribution in [0.3, 0.4) is 0 Å². The predicted molar refractivity (Wildman–Crippen MR) is 78.4 cm³/mol. The minimum atomic E-state index is 0.848. The van der Waals surface area contributed by atoms with Crippen molar-refractivity contribution in [3.05, 3.63) is 24.3 Å². The van der Waals surface area contributed by atoms with Gasteiger partial charge in [0.15, 0.2) is 5.13 Å². The monoisotopic (exact) mass is 310 g/mol. The molecule has 2 heterocycles. The third-order valence-electron chi connectivity index (χ3n) is 3.39. The fourth-order valence-electron chi connectivity index (χ4n) is 2.27. The standard InChI is InChI=1S/C13H15BrN2S/c14-9-10-5-7-16(8-6-10)13-15-11-3-1-2-4-12(11)17-13/h1-4,10H,5-9H2. The smallest absolute Gasteiger partial charge is 0.186 e. The van der Waals surface area contributed by atoms with E-state index in [0.717, 1.165) is 29.9 Å². The van der Waals surface area contributed by atoms with Gasteiger partial charge >= 0.3 is 0 Å². The van der Waals surface area contributed by atoms with Crippen LogP contribution in [0.25, 0.3) is 10.2 Å². The first-order valence-corrected chi connectivity index (χ1v) is 7.97. The van der Waals surface area contributed by atoms with E-state index in [1.807, 2.05) is 11.3 Å². The molecule has 0 radical (unpaired) electrons. The minimum Gasteiger partial charge on any atom is -0.348 e. The maximum atomic E-state index is 4.72. The first-order valence-electron chi connectivity index (χ1n) is 6.03. The van der Waals surface area contributed by atoms with Gasteiger partial charge in [-0.3, -0.25) is 0 Å². The fourth-order valence-corrected chi connectivity index (χ4v) is 3.94. The molecule has 0 N–H and O–H groups in total. The van der Waals surface area contributed by atoms with Crippen LogP contribution in [0.2, 0.25) is 0 Å². The second-order valence-electron chi connectivity index (χ2n) is 4.55. The molecule has 0 aliphatic carbocycles. The summed E-state index contributed by atoms with van der Waals surface area (Å²) >= 11 is 5.40. The van der Waals surface area contributed by atoms with Crippen LogP contribution < -0.4 is 4.90 Å². The van der Waals surface area contributed by atoms with Crippen LogP contribution in [-0.2, 0) is 0 Å². The highest BCUT2D eigenvalue weighted by Gasteiger charge is 2.20. The van der Waals surface area contributed by atoms with Crippen LogP contribution in [0.1, 0.15) is 12.8 Å². The number of anilines is 1. The number of hydrogen-bond acceptors (Lipinski definition) is 3. The highest BCUT2D eigenvalue weighted by atomic mass is 79.9. The molecule has 2 aromatic rings. The lowest BCUT2D eigenvalue weighted by Gasteiger charge is -2.30. The van der Waals surface area contributed by atoms with Crippen molar-refractivity contribution in [3.8, 4) is 0 Å². The molecule has 0 unspecified atom stereocenters. The van der Waals surface area contributed by atoms with Gasteiger partial charge in [0.1, 0.15) is 0 Å². The number of benzene rings is 1. The quantitative estimate of drug-likeness (QED) is 0.782. The number of halogens is 1. The second-order valence-corrected chi connectivity index (χ2v) is 6.21. The van der Waals surface area contributed by atoms with E-state index < -0.39 is 0 Å². The van der Waals surface area contributed by atoms with Crippen LogP contribution in [0.4, 0.5) is 5.13 Å². The molecule has 1 saturated heterocycles. The summed E-state index contributed by atoms with van der Waals surface area (Å²) in [4.78, 5) is 7.15. The van der Waals surface area contributed by atoms with Gasteiger partial charge in [-0.05, 0) is 30.9 Å². The minimum absolute atomic E-state index is 0.848. The third kappa shape index (κ3) is 2.33. The zero-order chi connectivity index (χ0) is 11.7. The summed E-state index contributed by atoms with van der Waals surface area (Å²) in [6.07, 6.45) is 2.56. The Morgan fingerprint density at radius 1 is 1.29 bits per heavy atom. The van der Waals surface area contributed by atoms with E-state index in [1.54, 1.807) is 0 Å². The molecule has 0 saturated carbocycles. The van der Waals surface area contributed by atoms with E-state index in [9.17, 15) is 0 Å². The predicted octanol–water partition coefficient (Wildman–Crippen LogP) is 3.91. The molecular weight excluding hydrogens is 296 g/mol. The van der Waals surface area contributed by atoms with Gasteiger partial charge in [-0.2, -0.15) is 0 Å². The normalized spacial score (nSPS) is 17.8. The molecule has 1 aliphatic rings. The molecule has 1 aliphatic heterocycles. The molecule has 3 rings (SSSR count). The topological polar surface area (TPSA) is 16.1 Å². The number of nitrogens with zero attached hydrogens (tertiary/aromatic N) is 2. The number of aromatic nitrogens is 1. The van der Waals surface area contributed by atoms with Crippen LogP contribution in [0, 0.1) is 5.92 Å². The van der Waals surface area contributed by atoms with Crippen LogP contribution in [0.5, 0.6) is 0 Å². The maximum Gasteiger partial charge on any atom is 0.186 e. The first-order chi connectivity index (χ1) is 8.36. The average Bonchev–Trinajstić information content (AvgIpc) is 2.82. The zero-order valence-corrected chi connectivity index (χ0v) is 12.0. The number of hydrogen-bond donors (Lipinski definition) is 0. The Labute approximate surface area is 114 Å². The first kappa shape index (κ1) is 11.5. The van der Waals surface area contributed by atoms with E-state index in [2.05, 4.69) is 45.1 Å². The van der Waals surface area contributed by atoms with Crippen LogP contribution in [-0.4, -0.2) is 23.4 Å². The third-order valence-corrected chi connectivity index (χ3v) is 5.40. The number of thiazole rings is 1. The van der Waals surface area contributed by atoms with Crippen molar-refractivity contribution in [2.24, 2.45) is 5.92 Å². The van der Waals surface area contributed by atoms with Crippen molar-refractivity contribution in [1.82, 2.24) is 4.98 Å². The molecule has 0 amide bonds. The second kappa shape index (κ2) is 4.94. The highest BCUT2D eigenvalue weighted by molar-refractivity contribution is 9.09. The van der Waals surface area contributed by atoms with Gasteiger partial charge in [0, 0.05) is 18.4 Å². The lowest BCUT2D eigenvalue weighted by molar-refractivity contribution is 0.447. The molecule has 4 heteroatoms. The SMILES string of the molecule is BrCC1CCN(c2nc3ccccc3s2)CC1. The van der Waals surface area contributed by atoms with E-state index in [1.165, 1.54) is 22.7 Å². The fraction of sp³-hybridized carbons (Fsp3) is 0.462. The Hall–Kier alpha value is -0.610. The molecular formula is C13H15BrN2S. The number of fused-ring (bicyclic) bond motifs is 1. The number of rotatable bonds is 2. The van der Waals surface area contributed by atoms with Crippen molar-refractivity contribution in [2.75, 3.05) is 23.3 Å². The maximum absolute atomic E-state index is 4.72. The van der Waals surface area contributed by atoms with Gasteiger partial charge in [-0.15, -0.1) is 0 Å². The van der Waals surface area contributed by atoms with E-state index in [-0.39, 0.29) is 0 Å². The Bertz CT molecular complexity index is 470. The summed E-state index contributed by atoms with van der Waals surface area (Å²) in [7, 11) is 0. The number of piperidine rings is 1. The van der Waals surface area contributed by atoms with Crippen molar-refractivity contribution in [1.29, 1.82) is 0 Å². The van der Waals surface area contributed by atoms with Gasteiger partial charge in [-0.1, -0.05) is 39.4 Å². The van der Waals surface area contributed by atoms with Crippen molar-refractivity contribution in [2.45, 2.75) is 12.8 Å². The molecule has 1 fully saturated rings. The van der Waals surface area contributed by atoms with E-state index in [0.29, 0.717) is 0 Å². The van der Waals surface area contributed by atoms with Gasteiger partial charge in [0.25, 0.3) is 0 Å². The summed E-state index contributed by atoms with van der Waals surface area (Å²) < 4.78 is 1.30. The summed E-state index contributed by atoms with van der Waals surface area (Å²) in [6, 6.07) is 8.40. The van der Waals surface area contributed by atoms with Gasteiger partial charge < -0.3 is 4.90 Å². The molecule has 0 atom stereocenters. The van der Waals surface area contributed by atoms with Crippen molar-refractivity contribution < 1.29 is 0 Å². The molecule has 1 aromatic carbocycles. The van der Waals surface area contributed by atoms with Crippen molar-refractivity contribution in [3.63, 3.8) is 0 Å². The van der Waals surface area contributed by atoms with Crippen LogP contribution in [0.15, 0.2) is 24.3 Å². The Morgan fingerprint density at radius 3 is 2.76 bits per heavy atom. The Kier molecular flexibility index (Phi) is 3.34. The largest absolute Gasteiger partial charge is 0.348 e. The molecule has 2 nitrogen and oxygen atoms in total. The van der Waals surface area contributed by atoms with Crippen molar-refractivity contribution >= 4 is 42.6 Å². The summed E-state index contributed by atoms with van der Waals surface area (Å²) in [5, 5.41) is 2.33. The number of para-hydroxylation sites is 1. The number of alkyl halides is 1. The van der Waals surface area contributed by atoms with Crippen LogP contribution >= 0.6 is 27.3 Å². The summed E-state index contributed by atoms with van der Waals surface area (Å²) in [5.41, 5.74) is 1.13. The molecule has 1 aromatic heterocycles. The lowest BCUT2D eigenvalue weighted by Crippen LogP contribution is -2.33. The molecule has 17 heavy (non-hydrogen) atoms. The zero-order valence-electron chi connectivity index (χ0n) is 9.60. The van der Waals surface area contributed by atoms with E-state index >= 15 is 0 Å². The molecule has 0 bridgehead atoms.